The average molecular weight is 547 g/mol. The summed E-state index contributed by atoms with van der Waals surface area (Å²) in [6.07, 6.45) is 15.3. The van der Waals surface area contributed by atoms with Crippen LogP contribution in [-0.4, -0.2) is 0 Å². The fourth-order valence-corrected chi connectivity index (χ4v) is 5.82. The van der Waals surface area contributed by atoms with Crippen LogP contribution in [0, 0.1) is 0 Å². The lowest BCUT2D eigenvalue weighted by Crippen LogP contribution is -2.01. The van der Waals surface area contributed by atoms with E-state index in [1.54, 1.807) is 0 Å². The molecule has 4 aromatic carbocycles. The number of aryl methyl sites for hydroxylation is 4. The molecule has 0 bridgehead atoms. The third-order valence-corrected chi connectivity index (χ3v) is 8.32. The van der Waals surface area contributed by atoms with E-state index < -0.39 is 0 Å². The molecule has 0 saturated heterocycles. The van der Waals surface area contributed by atoms with Gasteiger partial charge in [-0.3, -0.25) is 0 Å². The first kappa shape index (κ1) is 30.4. The monoisotopic (exact) mass is 546 g/mol. The van der Waals surface area contributed by atoms with Crippen molar-refractivity contribution in [3.05, 3.63) is 129 Å². The predicted octanol–water partition coefficient (Wildman–Crippen LogP) is 9.67. The summed E-state index contributed by atoms with van der Waals surface area (Å²) in [6, 6.07) is 31.2. The molecular weight excluding hydrogens is 496 g/mol. The van der Waals surface area contributed by atoms with Crippen LogP contribution in [0.3, 0.4) is 0 Å². The van der Waals surface area contributed by atoms with E-state index in [-0.39, 0.29) is 0 Å². The molecule has 0 amide bonds. The first-order chi connectivity index (χ1) is 20.0. The number of anilines is 2. The molecule has 0 aromatic heterocycles. The molecule has 0 atom stereocenters. The van der Waals surface area contributed by atoms with Crippen LogP contribution in [0.25, 0.3) is 0 Å². The van der Waals surface area contributed by atoms with Crippen molar-refractivity contribution < 1.29 is 0 Å². The maximum Gasteiger partial charge on any atom is 0.0314 e. The second kappa shape index (κ2) is 16.1. The van der Waals surface area contributed by atoms with Gasteiger partial charge in [0.05, 0.1) is 0 Å². The van der Waals surface area contributed by atoms with Gasteiger partial charge >= 0.3 is 0 Å². The highest BCUT2D eigenvalue weighted by atomic mass is 14.5. The molecule has 4 rings (SSSR count). The Bertz CT molecular complexity index is 1230. The predicted molar refractivity (Wildman–Crippen MR) is 179 cm³/mol. The first-order valence-electron chi connectivity index (χ1n) is 15.9. The highest BCUT2D eigenvalue weighted by molar-refractivity contribution is 5.44. The maximum atomic E-state index is 5.91. The number of nitrogens with two attached hydrogens (primary N) is 2. The zero-order chi connectivity index (χ0) is 28.9. The molecule has 0 aliphatic carbocycles. The number of nitrogen functional groups attached to an aromatic ring is 2. The van der Waals surface area contributed by atoms with E-state index in [1.165, 1.54) is 102 Å². The third-order valence-electron chi connectivity index (χ3n) is 8.32. The van der Waals surface area contributed by atoms with Gasteiger partial charge in [-0.15, -0.1) is 0 Å². The van der Waals surface area contributed by atoms with Crippen molar-refractivity contribution in [1.29, 1.82) is 0 Å². The standard InChI is InChI=1S/C39H50N2/c1-3-5-7-12-34-26-30(14-20-36(34)28-32-16-22-38(40)23-17-32)10-9-11-31-15-21-37(35(27-31)13-8-6-4-2)29-33-18-24-39(41)25-19-33/h14-27H,3-13,28-29,40-41H2,1-2H3. The van der Waals surface area contributed by atoms with Crippen molar-refractivity contribution in [3.63, 3.8) is 0 Å². The quantitative estimate of drug-likeness (QED) is 0.109. The minimum Gasteiger partial charge on any atom is -0.399 e. The van der Waals surface area contributed by atoms with Gasteiger partial charge < -0.3 is 11.5 Å². The van der Waals surface area contributed by atoms with Crippen LogP contribution in [0.15, 0.2) is 84.9 Å². The molecule has 0 unspecified atom stereocenters. The lowest BCUT2D eigenvalue weighted by Gasteiger charge is -2.14. The molecule has 0 fully saturated rings. The molecule has 2 nitrogen and oxygen atoms in total. The van der Waals surface area contributed by atoms with Gasteiger partial charge in [0.25, 0.3) is 0 Å². The van der Waals surface area contributed by atoms with Crippen LogP contribution in [0.4, 0.5) is 11.4 Å². The van der Waals surface area contributed by atoms with Crippen molar-refractivity contribution in [1.82, 2.24) is 0 Å². The molecular formula is C39H50N2. The fraction of sp³-hybridized carbons (Fsp3) is 0.385. The second-order valence-electron chi connectivity index (χ2n) is 11.8. The van der Waals surface area contributed by atoms with E-state index in [9.17, 15) is 0 Å². The maximum absolute atomic E-state index is 5.91. The van der Waals surface area contributed by atoms with Gasteiger partial charge in [-0.25, -0.2) is 0 Å². The Morgan fingerprint density at radius 2 is 0.780 bits per heavy atom. The largest absolute Gasteiger partial charge is 0.399 e. The Labute approximate surface area is 249 Å². The van der Waals surface area contributed by atoms with E-state index in [4.69, 9.17) is 11.5 Å². The van der Waals surface area contributed by atoms with Crippen molar-refractivity contribution >= 4 is 11.4 Å². The van der Waals surface area contributed by atoms with Crippen LogP contribution < -0.4 is 11.5 Å². The molecule has 0 aliphatic heterocycles. The fourth-order valence-electron chi connectivity index (χ4n) is 5.82. The summed E-state index contributed by atoms with van der Waals surface area (Å²) in [5.74, 6) is 0. The zero-order valence-electron chi connectivity index (χ0n) is 25.4. The first-order valence-corrected chi connectivity index (χ1v) is 15.9. The number of benzene rings is 4. The molecule has 0 radical (unpaired) electrons. The summed E-state index contributed by atoms with van der Waals surface area (Å²) in [5, 5.41) is 0. The van der Waals surface area contributed by atoms with Crippen LogP contribution in [0.5, 0.6) is 0 Å². The van der Waals surface area contributed by atoms with Gasteiger partial charge in [-0.1, -0.05) is 100 Å². The highest BCUT2D eigenvalue weighted by Gasteiger charge is 2.09. The average Bonchev–Trinajstić information content (AvgIpc) is 2.98. The minimum absolute atomic E-state index is 0.830. The van der Waals surface area contributed by atoms with Crippen molar-refractivity contribution in [2.75, 3.05) is 11.5 Å². The van der Waals surface area contributed by atoms with Gasteiger partial charge in [-0.2, -0.15) is 0 Å². The van der Waals surface area contributed by atoms with Crippen LogP contribution in [0.2, 0.25) is 0 Å². The van der Waals surface area contributed by atoms with Crippen molar-refractivity contribution in [2.24, 2.45) is 0 Å². The van der Waals surface area contributed by atoms with Gasteiger partial charge in [0, 0.05) is 11.4 Å². The lowest BCUT2D eigenvalue weighted by atomic mass is 9.91. The summed E-state index contributed by atoms with van der Waals surface area (Å²) in [4.78, 5) is 0. The number of hydrogen-bond donors (Lipinski definition) is 2. The van der Waals surface area contributed by atoms with Gasteiger partial charge in [0.1, 0.15) is 0 Å². The van der Waals surface area contributed by atoms with Gasteiger partial charge in [0.15, 0.2) is 0 Å². The summed E-state index contributed by atoms with van der Waals surface area (Å²) < 4.78 is 0. The Morgan fingerprint density at radius 3 is 1.17 bits per heavy atom. The molecule has 0 heterocycles. The van der Waals surface area contributed by atoms with E-state index in [0.717, 1.165) is 37.1 Å². The molecule has 0 aliphatic rings. The normalized spacial score (nSPS) is 11.2. The van der Waals surface area contributed by atoms with Crippen LogP contribution >= 0.6 is 0 Å². The SMILES string of the molecule is CCCCCc1cc(CCCc2ccc(Cc3ccc(N)cc3)c(CCCCC)c2)ccc1Cc1ccc(N)cc1. The second-order valence-corrected chi connectivity index (χ2v) is 11.8. The van der Waals surface area contributed by atoms with E-state index in [1.807, 2.05) is 24.3 Å². The summed E-state index contributed by atoms with van der Waals surface area (Å²) in [6.45, 7) is 4.57. The number of hydrogen-bond acceptors (Lipinski definition) is 2. The highest BCUT2D eigenvalue weighted by Crippen LogP contribution is 2.23. The molecule has 216 valence electrons. The van der Waals surface area contributed by atoms with Crippen LogP contribution in [0.1, 0.15) is 103 Å². The van der Waals surface area contributed by atoms with E-state index >= 15 is 0 Å². The van der Waals surface area contributed by atoms with Gasteiger partial charge in [0.2, 0.25) is 0 Å². The minimum atomic E-state index is 0.830. The van der Waals surface area contributed by atoms with E-state index in [2.05, 4.69) is 74.5 Å². The molecule has 4 aromatic rings. The summed E-state index contributed by atoms with van der Waals surface area (Å²) >= 11 is 0. The lowest BCUT2D eigenvalue weighted by molar-refractivity contribution is 0.711. The van der Waals surface area contributed by atoms with Gasteiger partial charge in [-0.05, 0) is 127 Å². The van der Waals surface area contributed by atoms with Crippen LogP contribution in [-0.2, 0) is 38.5 Å². The number of unbranched alkanes of at least 4 members (excludes halogenated alkanes) is 4. The summed E-state index contributed by atoms with van der Waals surface area (Å²) in [5.41, 5.74) is 25.1. The van der Waals surface area contributed by atoms with Crippen molar-refractivity contribution in [3.8, 4) is 0 Å². The molecule has 2 heteroatoms. The Balaban J connectivity index is 1.42. The Kier molecular flexibility index (Phi) is 11.9. The Morgan fingerprint density at radius 1 is 0.390 bits per heavy atom. The zero-order valence-corrected chi connectivity index (χ0v) is 25.4. The molecule has 0 spiro atoms. The van der Waals surface area contributed by atoms with E-state index in [0.29, 0.717) is 0 Å². The Hall–Kier alpha value is -3.52. The topological polar surface area (TPSA) is 52.0 Å². The number of rotatable bonds is 16. The third kappa shape index (κ3) is 9.81. The summed E-state index contributed by atoms with van der Waals surface area (Å²) in [7, 11) is 0. The molecule has 0 saturated carbocycles. The van der Waals surface area contributed by atoms with Crippen molar-refractivity contribution in [2.45, 2.75) is 97.3 Å². The molecule has 4 N–H and O–H groups in total. The smallest absolute Gasteiger partial charge is 0.0314 e. The molecule has 41 heavy (non-hydrogen) atoms.